The maximum absolute atomic E-state index is 11.3. The van der Waals surface area contributed by atoms with Gasteiger partial charge in [-0.2, -0.15) is 0 Å². The molecule has 1 amide bonds. The molecule has 1 aromatic rings. The number of thioether (sulfide) groups is 1. The lowest BCUT2D eigenvalue weighted by Gasteiger charge is -2.13. The van der Waals surface area contributed by atoms with Crippen LogP contribution in [0.3, 0.4) is 0 Å². The molecule has 0 aromatic heterocycles. The maximum atomic E-state index is 11.3. The molecule has 68 valence electrons. The number of anilines is 1. The molecule has 3 heteroatoms. The maximum Gasteiger partial charge on any atom is 0.224 e. The van der Waals surface area contributed by atoms with Crippen LogP contribution in [0.1, 0.15) is 12.8 Å². The van der Waals surface area contributed by atoms with Crippen molar-refractivity contribution in [2.24, 2.45) is 0 Å². The van der Waals surface area contributed by atoms with E-state index >= 15 is 0 Å². The number of amides is 1. The Morgan fingerprint density at radius 3 is 3.08 bits per heavy atom. The van der Waals surface area contributed by atoms with Crippen LogP contribution >= 0.6 is 11.8 Å². The number of carbonyl (C=O) groups is 1. The summed E-state index contributed by atoms with van der Waals surface area (Å²) in [6.45, 7) is 0. The molecule has 0 bridgehead atoms. The molecule has 0 aliphatic carbocycles. The summed E-state index contributed by atoms with van der Waals surface area (Å²) in [5, 5.41) is 2.90. The van der Waals surface area contributed by atoms with Crippen molar-refractivity contribution in [3.05, 3.63) is 24.3 Å². The van der Waals surface area contributed by atoms with E-state index in [0.29, 0.717) is 6.42 Å². The Labute approximate surface area is 81.7 Å². The van der Waals surface area contributed by atoms with Crippen LogP contribution in [0.5, 0.6) is 0 Å². The van der Waals surface area contributed by atoms with Crippen LogP contribution in [0, 0.1) is 0 Å². The van der Waals surface area contributed by atoms with Crippen LogP contribution in [0.15, 0.2) is 29.2 Å². The Morgan fingerprint density at radius 1 is 1.31 bits per heavy atom. The molecule has 0 atom stereocenters. The van der Waals surface area contributed by atoms with Gasteiger partial charge < -0.3 is 5.32 Å². The van der Waals surface area contributed by atoms with Crippen molar-refractivity contribution >= 4 is 23.4 Å². The number of hydrogen-bond donors (Lipinski definition) is 1. The first-order valence-corrected chi connectivity index (χ1v) is 5.36. The number of nitrogens with one attached hydrogen (secondary N) is 1. The molecule has 0 saturated heterocycles. The summed E-state index contributed by atoms with van der Waals surface area (Å²) < 4.78 is 0. The first-order chi connectivity index (χ1) is 6.36. The van der Waals surface area contributed by atoms with Crippen molar-refractivity contribution in [1.82, 2.24) is 0 Å². The number of hydrogen-bond acceptors (Lipinski definition) is 2. The van der Waals surface area contributed by atoms with E-state index in [1.807, 2.05) is 36.0 Å². The van der Waals surface area contributed by atoms with Crippen LogP contribution in [-0.2, 0) is 4.79 Å². The molecular formula is C10H11NOS. The number of benzene rings is 1. The van der Waals surface area contributed by atoms with E-state index in [9.17, 15) is 4.79 Å². The smallest absolute Gasteiger partial charge is 0.224 e. The van der Waals surface area contributed by atoms with Gasteiger partial charge in [0, 0.05) is 11.3 Å². The third kappa shape index (κ3) is 2.04. The zero-order valence-corrected chi connectivity index (χ0v) is 8.06. The van der Waals surface area contributed by atoms with Crippen LogP contribution in [-0.4, -0.2) is 11.7 Å². The van der Waals surface area contributed by atoms with E-state index in [2.05, 4.69) is 5.32 Å². The number of rotatable bonds is 0. The minimum atomic E-state index is 0.132. The zero-order valence-electron chi connectivity index (χ0n) is 7.25. The van der Waals surface area contributed by atoms with E-state index in [1.54, 1.807) is 0 Å². The molecule has 2 nitrogen and oxygen atoms in total. The number of fused-ring (bicyclic) bond motifs is 1. The molecule has 13 heavy (non-hydrogen) atoms. The Bertz CT molecular complexity index is 324. The van der Waals surface area contributed by atoms with Crippen molar-refractivity contribution in [2.75, 3.05) is 11.1 Å². The Balaban J connectivity index is 2.30. The molecule has 2 rings (SSSR count). The van der Waals surface area contributed by atoms with Gasteiger partial charge >= 0.3 is 0 Å². The summed E-state index contributed by atoms with van der Waals surface area (Å²) in [5.41, 5.74) is 0.956. The number of carbonyl (C=O) groups excluding carboxylic acids is 1. The first kappa shape index (κ1) is 8.63. The van der Waals surface area contributed by atoms with Gasteiger partial charge in [-0.05, 0) is 24.3 Å². The first-order valence-electron chi connectivity index (χ1n) is 4.38. The summed E-state index contributed by atoms with van der Waals surface area (Å²) in [4.78, 5) is 12.5. The molecule has 1 aromatic carbocycles. The van der Waals surface area contributed by atoms with Crippen molar-refractivity contribution < 1.29 is 4.79 Å². The van der Waals surface area contributed by atoms with Gasteiger partial charge in [0.15, 0.2) is 0 Å². The molecule has 1 aliphatic rings. The normalized spacial score (nSPS) is 16.8. The van der Waals surface area contributed by atoms with Crippen LogP contribution in [0.25, 0.3) is 0 Å². The predicted molar refractivity (Wildman–Crippen MR) is 55.0 cm³/mol. The van der Waals surface area contributed by atoms with Gasteiger partial charge in [-0.1, -0.05) is 12.1 Å². The third-order valence-electron chi connectivity index (χ3n) is 1.97. The van der Waals surface area contributed by atoms with Gasteiger partial charge in [0.1, 0.15) is 0 Å². The lowest BCUT2D eigenvalue weighted by Crippen LogP contribution is -2.13. The Kier molecular flexibility index (Phi) is 2.54. The van der Waals surface area contributed by atoms with Crippen molar-refractivity contribution in [1.29, 1.82) is 0 Å². The fourth-order valence-corrected chi connectivity index (χ4v) is 2.28. The molecule has 1 N–H and O–H groups in total. The van der Waals surface area contributed by atoms with Crippen molar-refractivity contribution in [3.8, 4) is 0 Å². The molecule has 0 unspecified atom stereocenters. The highest BCUT2D eigenvalue weighted by Gasteiger charge is 2.10. The van der Waals surface area contributed by atoms with E-state index in [4.69, 9.17) is 0 Å². The molecule has 1 heterocycles. The SMILES string of the molecule is O=C1CCCSc2ccccc2N1. The lowest BCUT2D eigenvalue weighted by atomic mass is 10.2. The van der Waals surface area contributed by atoms with E-state index in [1.165, 1.54) is 4.90 Å². The second-order valence-corrected chi connectivity index (χ2v) is 4.13. The van der Waals surface area contributed by atoms with Gasteiger partial charge in [-0.15, -0.1) is 11.8 Å². The van der Waals surface area contributed by atoms with E-state index in [-0.39, 0.29) is 5.91 Å². The summed E-state index contributed by atoms with van der Waals surface area (Å²) in [6.07, 6.45) is 1.60. The highest BCUT2D eigenvalue weighted by Crippen LogP contribution is 2.29. The van der Waals surface area contributed by atoms with Gasteiger partial charge in [0.05, 0.1) is 5.69 Å². The Hall–Kier alpha value is -0.960. The van der Waals surface area contributed by atoms with Crippen molar-refractivity contribution in [3.63, 3.8) is 0 Å². The molecule has 1 aliphatic heterocycles. The van der Waals surface area contributed by atoms with Crippen LogP contribution < -0.4 is 5.32 Å². The van der Waals surface area contributed by atoms with Crippen molar-refractivity contribution in [2.45, 2.75) is 17.7 Å². The average molecular weight is 193 g/mol. The summed E-state index contributed by atoms with van der Waals surface area (Å²) in [6, 6.07) is 7.94. The molecule has 0 spiro atoms. The van der Waals surface area contributed by atoms with Crippen LogP contribution in [0.4, 0.5) is 5.69 Å². The van der Waals surface area contributed by atoms with Gasteiger partial charge in [0.25, 0.3) is 0 Å². The predicted octanol–water partition coefficient (Wildman–Crippen LogP) is 2.51. The monoisotopic (exact) mass is 193 g/mol. The zero-order chi connectivity index (χ0) is 9.10. The summed E-state index contributed by atoms with van der Waals surface area (Å²) >= 11 is 1.81. The molecule has 0 fully saturated rings. The molecule has 0 radical (unpaired) electrons. The van der Waals surface area contributed by atoms with E-state index in [0.717, 1.165) is 17.9 Å². The van der Waals surface area contributed by atoms with Gasteiger partial charge in [-0.3, -0.25) is 4.79 Å². The largest absolute Gasteiger partial charge is 0.325 e. The molecule has 0 saturated carbocycles. The lowest BCUT2D eigenvalue weighted by molar-refractivity contribution is -0.116. The molecular weight excluding hydrogens is 182 g/mol. The topological polar surface area (TPSA) is 29.1 Å². The van der Waals surface area contributed by atoms with Crippen LogP contribution in [0.2, 0.25) is 0 Å². The standard InChI is InChI=1S/C10H11NOS/c12-10-6-3-7-13-9-5-2-1-4-8(9)11-10/h1-2,4-5H,3,6-7H2,(H,11,12). The average Bonchev–Trinajstić information content (AvgIpc) is 2.11. The fraction of sp³-hybridized carbons (Fsp3) is 0.300. The Morgan fingerprint density at radius 2 is 2.15 bits per heavy atom. The van der Waals surface area contributed by atoms with Gasteiger partial charge in [0.2, 0.25) is 5.91 Å². The second-order valence-electron chi connectivity index (χ2n) is 3.00. The minimum absolute atomic E-state index is 0.132. The quantitative estimate of drug-likeness (QED) is 0.686. The second kappa shape index (κ2) is 3.83. The third-order valence-corrected chi connectivity index (χ3v) is 3.13. The fourth-order valence-electron chi connectivity index (χ4n) is 1.32. The van der Waals surface area contributed by atoms with Gasteiger partial charge in [-0.25, -0.2) is 0 Å². The highest BCUT2D eigenvalue weighted by molar-refractivity contribution is 7.99. The number of para-hydroxylation sites is 1. The highest BCUT2D eigenvalue weighted by atomic mass is 32.2. The van der Waals surface area contributed by atoms with E-state index < -0.39 is 0 Å². The summed E-state index contributed by atoms with van der Waals surface area (Å²) in [7, 11) is 0. The minimum Gasteiger partial charge on any atom is -0.325 e. The summed E-state index contributed by atoms with van der Waals surface area (Å²) in [5.74, 6) is 1.16.